The molecule has 1 aromatic carbocycles. The van der Waals surface area contributed by atoms with Gasteiger partial charge in [-0.1, -0.05) is 12.2 Å². The molecule has 5 aromatic rings. The van der Waals surface area contributed by atoms with Gasteiger partial charge in [-0.3, -0.25) is 28.9 Å². The number of aromatic nitrogens is 7. The number of fused-ring (bicyclic) bond motifs is 2. The number of anilines is 2. The van der Waals surface area contributed by atoms with Gasteiger partial charge in [-0.2, -0.15) is 5.10 Å². The molecule has 0 fully saturated rings. The first kappa shape index (κ1) is 26.1. The van der Waals surface area contributed by atoms with Crippen molar-refractivity contribution in [1.29, 1.82) is 0 Å². The summed E-state index contributed by atoms with van der Waals surface area (Å²) in [4.78, 5) is 49.5. The van der Waals surface area contributed by atoms with Crippen molar-refractivity contribution >= 4 is 51.8 Å². The van der Waals surface area contributed by atoms with Crippen LogP contribution in [0.5, 0.6) is 0 Å². The molecular formula is C26H27N11O3. The lowest BCUT2D eigenvalue weighted by Gasteiger charge is -2.09. The van der Waals surface area contributed by atoms with E-state index in [1.54, 1.807) is 38.1 Å². The molecule has 0 atom stereocenters. The van der Waals surface area contributed by atoms with Crippen molar-refractivity contribution in [3.8, 4) is 0 Å². The van der Waals surface area contributed by atoms with Crippen molar-refractivity contribution in [2.24, 2.45) is 11.5 Å². The van der Waals surface area contributed by atoms with Gasteiger partial charge in [0.1, 0.15) is 11.2 Å². The van der Waals surface area contributed by atoms with Gasteiger partial charge in [0.25, 0.3) is 5.91 Å². The van der Waals surface area contributed by atoms with Crippen LogP contribution in [0, 0.1) is 6.92 Å². The zero-order valence-electron chi connectivity index (χ0n) is 21.8. The first-order valence-electron chi connectivity index (χ1n) is 12.4. The van der Waals surface area contributed by atoms with Crippen LogP contribution < -0.4 is 22.5 Å². The van der Waals surface area contributed by atoms with Crippen LogP contribution in [0.25, 0.3) is 22.2 Å². The second-order valence-electron chi connectivity index (χ2n) is 9.04. The maximum absolute atomic E-state index is 13.1. The minimum Gasteiger partial charge on any atom is -0.369 e. The van der Waals surface area contributed by atoms with Gasteiger partial charge < -0.3 is 21.8 Å². The number of allylic oxidation sites excluding steroid dienone is 2. The standard InChI is InChI=1S/C26H27N11O3/c1-3-37-20(10-14(2)34-37)24(40)33-26-32-18-12-16(22(28)39)13-30-23(18)36(26)9-5-4-8-35-19-7-6-15(21(27)38)11-17(19)31-25(35)29/h4-7,10-13H,3,8-9H2,1-2H3,(H2,27,38)(H2,28,39)(H2,29,31)(H,32,33,40)/b5-4+. The average molecular weight is 542 g/mol. The zero-order chi connectivity index (χ0) is 28.6. The van der Waals surface area contributed by atoms with Crippen LogP contribution in [0.2, 0.25) is 0 Å². The molecule has 0 saturated heterocycles. The SMILES string of the molecule is CCn1nc(C)cc1C(=O)Nc1nc2cc(C(N)=O)cnc2n1C/C=C/Cn1c(N)nc2cc(C(N)=O)ccc21. The molecule has 0 radical (unpaired) electrons. The number of hydrogen-bond donors (Lipinski definition) is 4. The maximum Gasteiger partial charge on any atom is 0.276 e. The van der Waals surface area contributed by atoms with Gasteiger partial charge in [0.15, 0.2) is 5.65 Å². The first-order chi connectivity index (χ1) is 19.2. The number of nitrogen functional groups attached to an aromatic ring is 1. The number of nitrogens with one attached hydrogen (secondary N) is 1. The Balaban J connectivity index is 1.43. The number of carbonyl (C=O) groups excluding carboxylic acids is 3. The van der Waals surface area contributed by atoms with Crippen LogP contribution >= 0.6 is 0 Å². The Morgan fingerprint density at radius 1 is 0.950 bits per heavy atom. The molecule has 204 valence electrons. The van der Waals surface area contributed by atoms with Gasteiger partial charge in [0, 0.05) is 31.4 Å². The quantitative estimate of drug-likeness (QED) is 0.201. The largest absolute Gasteiger partial charge is 0.369 e. The highest BCUT2D eigenvalue weighted by atomic mass is 16.2. The van der Waals surface area contributed by atoms with Crippen molar-refractivity contribution in [1.82, 2.24) is 33.9 Å². The molecule has 5 rings (SSSR count). The average Bonchev–Trinajstić information content (AvgIpc) is 3.57. The fourth-order valence-electron chi connectivity index (χ4n) is 4.40. The van der Waals surface area contributed by atoms with E-state index in [9.17, 15) is 14.4 Å². The predicted molar refractivity (Wildman–Crippen MR) is 148 cm³/mol. The molecule has 0 unspecified atom stereocenters. The molecule has 4 heterocycles. The Bertz CT molecular complexity index is 1830. The molecule has 0 bridgehead atoms. The Morgan fingerprint density at radius 2 is 1.65 bits per heavy atom. The molecule has 14 heteroatoms. The molecular weight excluding hydrogens is 514 g/mol. The number of primary amides is 2. The van der Waals surface area contributed by atoms with Crippen LogP contribution in [-0.4, -0.2) is 51.6 Å². The third-order valence-corrected chi connectivity index (χ3v) is 6.33. The molecule has 0 spiro atoms. The fourth-order valence-corrected chi connectivity index (χ4v) is 4.40. The van der Waals surface area contributed by atoms with Crippen LogP contribution in [0.15, 0.2) is 48.7 Å². The molecule has 3 amide bonds. The zero-order valence-corrected chi connectivity index (χ0v) is 21.8. The minimum absolute atomic E-state index is 0.201. The van der Waals surface area contributed by atoms with Crippen LogP contribution in [0.1, 0.15) is 43.8 Å². The predicted octanol–water partition coefficient (Wildman–Crippen LogP) is 1.59. The lowest BCUT2D eigenvalue weighted by Crippen LogP contribution is -2.20. The molecule has 0 aliphatic rings. The highest BCUT2D eigenvalue weighted by Crippen LogP contribution is 2.22. The molecule has 0 aliphatic carbocycles. The summed E-state index contributed by atoms with van der Waals surface area (Å²) < 4.78 is 5.10. The van der Waals surface area contributed by atoms with Crippen LogP contribution in [0.3, 0.4) is 0 Å². The molecule has 0 saturated carbocycles. The van der Waals surface area contributed by atoms with E-state index in [4.69, 9.17) is 17.2 Å². The van der Waals surface area contributed by atoms with Gasteiger partial charge in [-0.05, 0) is 44.2 Å². The lowest BCUT2D eigenvalue weighted by atomic mass is 10.2. The Hall–Kier alpha value is -5.53. The number of aryl methyl sites for hydroxylation is 2. The second-order valence-corrected chi connectivity index (χ2v) is 9.04. The number of nitrogens with two attached hydrogens (primary N) is 3. The van der Waals surface area contributed by atoms with E-state index in [0.29, 0.717) is 53.3 Å². The number of nitrogens with zero attached hydrogens (tertiary/aromatic N) is 7. The van der Waals surface area contributed by atoms with Gasteiger partial charge >= 0.3 is 0 Å². The fraction of sp³-hybridized carbons (Fsp3) is 0.192. The molecule has 4 aromatic heterocycles. The number of amides is 3. The number of hydrogen-bond acceptors (Lipinski definition) is 8. The number of carbonyl (C=O) groups is 3. The minimum atomic E-state index is -0.634. The molecule has 7 N–H and O–H groups in total. The van der Waals surface area contributed by atoms with Crippen molar-refractivity contribution < 1.29 is 14.4 Å². The number of benzene rings is 1. The summed E-state index contributed by atoms with van der Waals surface area (Å²) in [6.07, 6.45) is 5.11. The van der Waals surface area contributed by atoms with Crippen LogP contribution in [0.4, 0.5) is 11.9 Å². The Morgan fingerprint density at radius 3 is 2.35 bits per heavy atom. The van der Waals surface area contributed by atoms with Gasteiger partial charge in [0.2, 0.25) is 23.7 Å². The van der Waals surface area contributed by atoms with E-state index in [2.05, 4.69) is 25.4 Å². The normalized spacial score (nSPS) is 11.6. The lowest BCUT2D eigenvalue weighted by molar-refractivity contribution is 0.0992. The number of imidazole rings is 2. The summed E-state index contributed by atoms with van der Waals surface area (Å²) in [7, 11) is 0. The highest BCUT2D eigenvalue weighted by Gasteiger charge is 2.19. The number of pyridine rings is 1. The van der Waals surface area contributed by atoms with E-state index in [0.717, 1.165) is 5.52 Å². The summed E-state index contributed by atoms with van der Waals surface area (Å²) in [6, 6.07) is 8.18. The second kappa shape index (κ2) is 10.3. The van der Waals surface area contributed by atoms with Crippen molar-refractivity contribution in [3.63, 3.8) is 0 Å². The van der Waals surface area contributed by atoms with E-state index in [-0.39, 0.29) is 23.4 Å². The summed E-state index contributed by atoms with van der Waals surface area (Å²) in [6.45, 7) is 4.91. The monoisotopic (exact) mass is 541 g/mol. The number of rotatable bonds is 9. The van der Waals surface area contributed by atoms with Gasteiger partial charge in [0.05, 0.1) is 22.3 Å². The summed E-state index contributed by atoms with van der Waals surface area (Å²) in [5, 5.41) is 7.17. The Labute approximate surface area is 227 Å². The van der Waals surface area contributed by atoms with Gasteiger partial charge in [-0.25, -0.2) is 15.0 Å². The summed E-state index contributed by atoms with van der Waals surface area (Å²) in [5.74, 6) is -1.04. The molecule has 40 heavy (non-hydrogen) atoms. The Kier molecular flexibility index (Phi) is 6.73. The first-order valence-corrected chi connectivity index (χ1v) is 12.4. The van der Waals surface area contributed by atoms with E-state index in [1.807, 2.05) is 26.0 Å². The van der Waals surface area contributed by atoms with E-state index >= 15 is 0 Å². The third-order valence-electron chi connectivity index (χ3n) is 6.33. The molecule has 14 nitrogen and oxygen atoms in total. The maximum atomic E-state index is 13.1. The summed E-state index contributed by atoms with van der Waals surface area (Å²) in [5.41, 5.74) is 20.7. The summed E-state index contributed by atoms with van der Waals surface area (Å²) >= 11 is 0. The van der Waals surface area contributed by atoms with Gasteiger partial charge in [-0.15, -0.1) is 0 Å². The highest BCUT2D eigenvalue weighted by molar-refractivity contribution is 6.03. The third kappa shape index (κ3) is 4.84. The van der Waals surface area contributed by atoms with E-state index in [1.165, 1.54) is 12.3 Å². The topological polar surface area (TPSA) is 208 Å². The van der Waals surface area contributed by atoms with Crippen molar-refractivity contribution in [3.05, 3.63) is 71.2 Å². The molecule has 0 aliphatic heterocycles. The van der Waals surface area contributed by atoms with Crippen molar-refractivity contribution in [2.45, 2.75) is 33.5 Å². The van der Waals surface area contributed by atoms with Crippen molar-refractivity contribution in [2.75, 3.05) is 11.1 Å². The smallest absolute Gasteiger partial charge is 0.276 e. The van der Waals surface area contributed by atoms with Crippen LogP contribution in [-0.2, 0) is 19.6 Å². The van der Waals surface area contributed by atoms with E-state index < -0.39 is 11.8 Å².